The van der Waals surface area contributed by atoms with E-state index in [1.165, 1.54) is 5.69 Å². The Morgan fingerprint density at radius 1 is 1.27 bits per heavy atom. The molecule has 15 heavy (non-hydrogen) atoms. The lowest BCUT2D eigenvalue weighted by molar-refractivity contribution is 0.0844. The highest BCUT2D eigenvalue weighted by atomic mass is 16.5. The summed E-state index contributed by atoms with van der Waals surface area (Å²) in [5, 5.41) is 0. The quantitative estimate of drug-likeness (QED) is 0.745. The van der Waals surface area contributed by atoms with Gasteiger partial charge in [-0.15, -0.1) is 0 Å². The second-order valence-corrected chi connectivity index (χ2v) is 4.41. The summed E-state index contributed by atoms with van der Waals surface area (Å²) in [6.45, 7) is 6.06. The van der Waals surface area contributed by atoms with Crippen LogP contribution in [0.4, 0.5) is 0 Å². The minimum atomic E-state index is 0.478. The number of nitrogens with zero attached hydrogens (tertiary/aromatic N) is 2. The molecule has 2 rings (SSSR count). The van der Waals surface area contributed by atoms with Crippen LogP contribution in [0.5, 0.6) is 0 Å². The largest absolute Gasteiger partial charge is 0.381 e. The van der Waals surface area contributed by atoms with Crippen molar-refractivity contribution in [3.8, 4) is 0 Å². The number of ether oxygens (including phenoxy) is 1. The third-order valence-corrected chi connectivity index (χ3v) is 2.94. The maximum atomic E-state index is 5.36. The van der Waals surface area contributed by atoms with Gasteiger partial charge in [0.1, 0.15) is 6.33 Å². The Kier molecular flexibility index (Phi) is 3.31. The van der Waals surface area contributed by atoms with Crippen LogP contribution in [0, 0.1) is 0 Å². The monoisotopic (exact) mass is 206 g/mol. The molecule has 1 aromatic heterocycles. The highest BCUT2D eigenvalue weighted by molar-refractivity contribution is 5.15. The van der Waals surface area contributed by atoms with Crippen molar-refractivity contribution in [2.45, 2.75) is 38.5 Å². The lowest BCUT2D eigenvalue weighted by atomic mass is 9.95. The van der Waals surface area contributed by atoms with Gasteiger partial charge in [-0.25, -0.2) is 9.97 Å². The topological polar surface area (TPSA) is 35.0 Å². The van der Waals surface area contributed by atoms with Crippen molar-refractivity contribution in [2.24, 2.45) is 0 Å². The molecule has 0 unspecified atom stereocenters. The van der Waals surface area contributed by atoms with Gasteiger partial charge in [0.05, 0.1) is 0 Å². The van der Waals surface area contributed by atoms with Gasteiger partial charge in [0.2, 0.25) is 0 Å². The molecule has 0 spiro atoms. The van der Waals surface area contributed by atoms with Crippen LogP contribution >= 0.6 is 0 Å². The van der Waals surface area contributed by atoms with Crippen molar-refractivity contribution in [1.82, 2.24) is 9.97 Å². The standard InChI is InChI=1S/C12H18N2O/c1-9(2)11-7-12(14-8-13-11)10-3-5-15-6-4-10/h7-10H,3-6H2,1-2H3. The zero-order valence-corrected chi connectivity index (χ0v) is 9.44. The smallest absolute Gasteiger partial charge is 0.115 e. The SMILES string of the molecule is CC(C)c1cc(C2CCOCC2)ncn1. The number of aromatic nitrogens is 2. The van der Waals surface area contributed by atoms with Crippen LogP contribution in [-0.2, 0) is 4.74 Å². The Balaban J connectivity index is 2.16. The van der Waals surface area contributed by atoms with Crippen molar-refractivity contribution in [3.63, 3.8) is 0 Å². The van der Waals surface area contributed by atoms with Crippen molar-refractivity contribution >= 4 is 0 Å². The molecule has 1 fully saturated rings. The van der Waals surface area contributed by atoms with Crippen LogP contribution in [-0.4, -0.2) is 23.2 Å². The van der Waals surface area contributed by atoms with Gasteiger partial charge >= 0.3 is 0 Å². The molecule has 1 aliphatic heterocycles. The van der Waals surface area contributed by atoms with Gasteiger partial charge in [0.15, 0.2) is 0 Å². The van der Waals surface area contributed by atoms with Crippen molar-refractivity contribution in [3.05, 3.63) is 23.8 Å². The van der Waals surface area contributed by atoms with Crippen molar-refractivity contribution in [2.75, 3.05) is 13.2 Å². The Labute approximate surface area is 90.9 Å². The normalized spacial score (nSPS) is 18.3. The molecule has 0 saturated carbocycles. The van der Waals surface area contributed by atoms with Crippen LogP contribution in [0.3, 0.4) is 0 Å². The van der Waals surface area contributed by atoms with E-state index >= 15 is 0 Å². The minimum absolute atomic E-state index is 0.478. The fourth-order valence-corrected chi connectivity index (χ4v) is 1.92. The zero-order chi connectivity index (χ0) is 10.7. The molecule has 1 aromatic rings. The van der Waals surface area contributed by atoms with E-state index in [1.807, 2.05) is 0 Å². The Morgan fingerprint density at radius 3 is 2.67 bits per heavy atom. The zero-order valence-electron chi connectivity index (χ0n) is 9.44. The number of hydrogen-bond acceptors (Lipinski definition) is 3. The predicted octanol–water partition coefficient (Wildman–Crippen LogP) is 2.49. The highest BCUT2D eigenvalue weighted by Crippen LogP contribution is 2.26. The lowest BCUT2D eigenvalue weighted by Crippen LogP contribution is -2.15. The summed E-state index contributed by atoms with van der Waals surface area (Å²) >= 11 is 0. The van der Waals surface area contributed by atoms with E-state index in [0.29, 0.717) is 11.8 Å². The van der Waals surface area contributed by atoms with Gasteiger partial charge in [-0.2, -0.15) is 0 Å². The molecule has 0 atom stereocenters. The molecule has 0 bridgehead atoms. The fourth-order valence-electron chi connectivity index (χ4n) is 1.92. The first-order valence-corrected chi connectivity index (χ1v) is 5.67. The molecule has 2 heterocycles. The van der Waals surface area contributed by atoms with Crippen LogP contribution in [0.15, 0.2) is 12.4 Å². The van der Waals surface area contributed by atoms with Gasteiger partial charge in [-0.3, -0.25) is 0 Å². The molecule has 3 heteroatoms. The molecule has 0 aromatic carbocycles. The maximum absolute atomic E-state index is 5.36. The minimum Gasteiger partial charge on any atom is -0.381 e. The van der Waals surface area contributed by atoms with Crippen molar-refractivity contribution < 1.29 is 4.74 Å². The first kappa shape index (κ1) is 10.6. The molecule has 0 radical (unpaired) electrons. The summed E-state index contributed by atoms with van der Waals surface area (Å²) in [5.41, 5.74) is 2.34. The van der Waals surface area contributed by atoms with Crippen LogP contribution in [0.1, 0.15) is 49.9 Å². The average Bonchev–Trinajstić information content (AvgIpc) is 2.30. The summed E-state index contributed by atoms with van der Waals surface area (Å²) in [5.74, 6) is 1.05. The summed E-state index contributed by atoms with van der Waals surface area (Å²) in [6, 6.07) is 2.15. The molecular formula is C12H18N2O. The van der Waals surface area contributed by atoms with E-state index in [0.717, 1.165) is 31.7 Å². The second-order valence-electron chi connectivity index (χ2n) is 4.41. The van der Waals surface area contributed by atoms with E-state index < -0.39 is 0 Å². The summed E-state index contributed by atoms with van der Waals surface area (Å²) in [7, 11) is 0. The fraction of sp³-hybridized carbons (Fsp3) is 0.667. The van der Waals surface area contributed by atoms with Gasteiger partial charge in [-0.1, -0.05) is 13.8 Å². The van der Waals surface area contributed by atoms with Gasteiger partial charge in [0.25, 0.3) is 0 Å². The second kappa shape index (κ2) is 4.71. The average molecular weight is 206 g/mol. The molecule has 82 valence electrons. The third kappa shape index (κ3) is 2.53. The number of hydrogen-bond donors (Lipinski definition) is 0. The van der Waals surface area contributed by atoms with E-state index in [9.17, 15) is 0 Å². The molecule has 3 nitrogen and oxygen atoms in total. The molecule has 0 N–H and O–H groups in total. The molecular weight excluding hydrogens is 188 g/mol. The van der Waals surface area contributed by atoms with Gasteiger partial charge in [0, 0.05) is 30.5 Å². The Morgan fingerprint density at radius 2 is 2.00 bits per heavy atom. The summed E-state index contributed by atoms with van der Waals surface area (Å²) in [6.07, 6.45) is 3.88. The summed E-state index contributed by atoms with van der Waals surface area (Å²) in [4.78, 5) is 8.67. The molecule has 0 aliphatic carbocycles. The number of rotatable bonds is 2. The first-order valence-electron chi connectivity index (χ1n) is 5.67. The van der Waals surface area contributed by atoms with E-state index in [-0.39, 0.29) is 0 Å². The summed E-state index contributed by atoms with van der Waals surface area (Å²) < 4.78 is 5.36. The van der Waals surface area contributed by atoms with Crippen LogP contribution in [0.25, 0.3) is 0 Å². The first-order chi connectivity index (χ1) is 7.27. The predicted molar refractivity (Wildman–Crippen MR) is 58.9 cm³/mol. The highest BCUT2D eigenvalue weighted by Gasteiger charge is 2.17. The van der Waals surface area contributed by atoms with E-state index in [1.54, 1.807) is 6.33 Å². The van der Waals surface area contributed by atoms with Gasteiger partial charge < -0.3 is 4.74 Å². The molecule has 0 amide bonds. The van der Waals surface area contributed by atoms with E-state index in [2.05, 4.69) is 29.9 Å². The van der Waals surface area contributed by atoms with Gasteiger partial charge in [-0.05, 0) is 24.8 Å². The molecule has 1 saturated heterocycles. The lowest BCUT2D eigenvalue weighted by Gasteiger charge is -2.21. The van der Waals surface area contributed by atoms with Crippen LogP contribution < -0.4 is 0 Å². The third-order valence-electron chi connectivity index (χ3n) is 2.94. The molecule has 1 aliphatic rings. The Hall–Kier alpha value is -0.960. The van der Waals surface area contributed by atoms with Crippen molar-refractivity contribution in [1.29, 1.82) is 0 Å². The van der Waals surface area contributed by atoms with E-state index in [4.69, 9.17) is 4.74 Å². The Bertz CT molecular complexity index is 319. The van der Waals surface area contributed by atoms with Crippen LogP contribution in [0.2, 0.25) is 0 Å². The maximum Gasteiger partial charge on any atom is 0.115 e.